The van der Waals surface area contributed by atoms with Gasteiger partial charge in [0, 0.05) is 5.56 Å². The molecule has 3 rings (SSSR count). The fourth-order valence-corrected chi connectivity index (χ4v) is 3.54. The van der Waals surface area contributed by atoms with Crippen molar-refractivity contribution in [2.75, 3.05) is 0 Å². The van der Waals surface area contributed by atoms with Crippen molar-refractivity contribution in [3.63, 3.8) is 0 Å². The van der Waals surface area contributed by atoms with Crippen molar-refractivity contribution in [1.82, 2.24) is 0 Å². The molecule has 1 aliphatic carbocycles. The van der Waals surface area contributed by atoms with Crippen molar-refractivity contribution in [3.8, 4) is 17.6 Å². The largest absolute Gasteiger partial charge is 0.457 e. The van der Waals surface area contributed by atoms with Crippen LogP contribution in [0.4, 0.5) is 13.2 Å². The van der Waals surface area contributed by atoms with Crippen LogP contribution in [0.25, 0.3) is 0 Å². The van der Waals surface area contributed by atoms with E-state index in [2.05, 4.69) is 0 Å². The number of halogens is 4. The molecular formula is C23H19ClF3NO3. The summed E-state index contributed by atoms with van der Waals surface area (Å²) in [6.07, 6.45) is -5.27. The predicted octanol–water partition coefficient (Wildman–Crippen LogP) is 6.69. The highest BCUT2D eigenvalue weighted by molar-refractivity contribution is 6.30. The van der Waals surface area contributed by atoms with E-state index >= 15 is 0 Å². The molecule has 2 aromatic carbocycles. The van der Waals surface area contributed by atoms with E-state index in [4.69, 9.17) is 21.1 Å². The molecule has 2 atom stereocenters. The van der Waals surface area contributed by atoms with Crippen LogP contribution in [0.5, 0.6) is 11.5 Å². The van der Waals surface area contributed by atoms with Crippen molar-refractivity contribution in [1.29, 1.82) is 5.26 Å². The summed E-state index contributed by atoms with van der Waals surface area (Å²) in [5.74, 6) is 0.0677. The Morgan fingerprint density at radius 2 is 1.77 bits per heavy atom. The number of nitrogens with zero attached hydrogens (tertiary/aromatic N) is 1. The molecule has 0 unspecified atom stereocenters. The molecule has 0 amide bonds. The van der Waals surface area contributed by atoms with Gasteiger partial charge in [0.25, 0.3) is 0 Å². The fourth-order valence-electron chi connectivity index (χ4n) is 3.35. The molecule has 0 spiro atoms. The number of alkyl halides is 3. The monoisotopic (exact) mass is 449 g/mol. The second kappa shape index (κ2) is 8.27. The molecular weight excluding hydrogens is 431 g/mol. The van der Waals surface area contributed by atoms with Crippen LogP contribution in [0.3, 0.4) is 0 Å². The minimum absolute atomic E-state index is 0.125. The average molecular weight is 450 g/mol. The third kappa shape index (κ3) is 4.86. The zero-order valence-electron chi connectivity index (χ0n) is 16.7. The number of allylic oxidation sites excluding steroid dienone is 1. The zero-order valence-corrected chi connectivity index (χ0v) is 17.5. The molecule has 31 heavy (non-hydrogen) atoms. The maximum Gasteiger partial charge on any atom is 0.426 e. The van der Waals surface area contributed by atoms with Crippen molar-refractivity contribution < 1.29 is 27.4 Å². The van der Waals surface area contributed by atoms with E-state index in [0.29, 0.717) is 23.1 Å². The van der Waals surface area contributed by atoms with Gasteiger partial charge >= 0.3 is 12.1 Å². The van der Waals surface area contributed by atoms with E-state index in [0.717, 1.165) is 0 Å². The molecule has 0 heterocycles. The second-order valence-electron chi connectivity index (χ2n) is 7.92. The van der Waals surface area contributed by atoms with Crippen molar-refractivity contribution in [2.24, 2.45) is 10.8 Å². The first-order chi connectivity index (χ1) is 14.5. The SMILES string of the molecule is CC1(C)C[C@@]1(C=C(Cl)C(F)(F)F)C(=O)O[C@@H](C#N)c1cccc(Oc2ccccc2)c1. The third-order valence-electron chi connectivity index (χ3n) is 5.29. The van der Waals surface area contributed by atoms with E-state index in [1.165, 1.54) is 6.07 Å². The zero-order chi connectivity index (χ0) is 22.9. The molecule has 0 bridgehead atoms. The topological polar surface area (TPSA) is 59.3 Å². The summed E-state index contributed by atoms with van der Waals surface area (Å²) < 4.78 is 49.8. The van der Waals surface area contributed by atoms with E-state index in [1.807, 2.05) is 12.1 Å². The number of hydrogen-bond donors (Lipinski definition) is 0. The average Bonchev–Trinajstić information content (AvgIpc) is 3.27. The third-order valence-corrected chi connectivity index (χ3v) is 5.62. The number of benzene rings is 2. The first-order valence-electron chi connectivity index (χ1n) is 9.38. The van der Waals surface area contributed by atoms with Crippen molar-refractivity contribution in [3.05, 3.63) is 71.3 Å². The Hall–Kier alpha value is -2.98. The van der Waals surface area contributed by atoms with Gasteiger partial charge in [0.1, 0.15) is 22.6 Å². The summed E-state index contributed by atoms with van der Waals surface area (Å²) in [6, 6.07) is 17.2. The Labute approximate surface area is 182 Å². The number of hydrogen-bond acceptors (Lipinski definition) is 4. The standard InChI is InChI=1S/C23H19ClF3NO3/c1-21(2)14-22(21,12-19(24)23(25,26)27)20(29)31-18(13-28)15-7-6-10-17(11-15)30-16-8-4-3-5-9-16/h3-12,18H,14H2,1-2H3/t18-,22-/m0/s1. The summed E-state index contributed by atoms with van der Waals surface area (Å²) in [5.41, 5.74) is -2.00. The van der Waals surface area contributed by atoms with Gasteiger partial charge in [-0.25, -0.2) is 0 Å². The lowest BCUT2D eigenvalue weighted by atomic mass is 9.95. The smallest absolute Gasteiger partial charge is 0.426 e. The Balaban J connectivity index is 1.82. The van der Waals surface area contributed by atoms with Crippen LogP contribution in [0.15, 0.2) is 65.7 Å². The number of ether oxygens (including phenoxy) is 2. The first kappa shape index (κ1) is 22.7. The lowest BCUT2D eigenvalue weighted by Crippen LogP contribution is -2.25. The highest BCUT2D eigenvalue weighted by atomic mass is 35.5. The van der Waals surface area contributed by atoms with Gasteiger partial charge in [0.2, 0.25) is 6.10 Å². The summed E-state index contributed by atoms with van der Waals surface area (Å²) in [4.78, 5) is 12.8. The maximum atomic E-state index is 12.9. The van der Waals surface area contributed by atoms with E-state index in [1.54, 1.807) is 56.3 Å². The van der Waals surface area contributed by atoms with Gasteiger partial charge in [0.15, 0.2) is 0 Å². The van der Waals surface area contributed by atoms with Crippen LogP contribution < -0.4 is 4.74 Å². The number of para-hydroxylation sites is 1. The number of rotatable bonds is 6. The van der Waals surface area contributed by atoms with E-state index in [9.17, 15) is 23.2 Å². The molecule has 4 nitrogen and oxygen atoms in total. The molecule has 162 valence electrons. The fraction of sp³-hybridized carbons (Fsp3) is 0.304. The van der Waals surface area contributed by atoms with Gasteiger partial charge in [-0.2, -0.15) is 18.4 Å². The second-order valence-corrected chi connectivity index (χ2v) is 8.33. The van der Waals surface area contributed by atoms with Crippen LogP contribution in [-0.2, 0) is 9.53 Å². The van der Waals surface area contributed by atoms with Gasteiger partial charge in [-0.15, -0.1) is 0 Å². The normalized spacial score (nSPS) is 21.0. The molecule has 0 aliphatic heterocycles. The lowest BCUT2D eigenvalue weighted by molar-refractivity contribution is -0.153. The molecule has 2 aromatic rings. The predicted molar refractivity (Wildman–Crippen MR) is 108 cm³/mol. The van der Waals surface area contributed by atoms with Gasteiger partial charge in [-0.1, -0.05) is 55.8 Å². The van der Waals surface area contributed by atoms with E-state index in [-0.39, 0.29) is 6.42 Å². The number of nitriles is 1. The minimum atomic E-state index is -4.77. The molecule has 0 N–H and O–H groups in total. The van der Waals surface area contributed by atoms with Gasteiger partial charge in [-0.3, -0.25) is 4.79 Å². The van der Waals surface area contributed by atoms with Gasteiger partial charge in [-0.05, 0) is 42.2 Å². The summed E-state index contributed by atoms with van der Waals surface area (Å²) in [7, 11) is 0. The summed E-state index contributed by atoms with van der Waals surface area (Å²) in [6.45, 7) is 3.28. The highest BCUT2D eigenvalue weighted by Crippen LogP contribution is 2.66. The molecule has 8 heteroatoms. The van der Waals surface area contributed by atoms with Crippen molar-refractivity contribution >= 4 is 17.6 Å². The molecule has 0 saturated heterocycles. The maximum absolute atomic E-state index is 12.9. The molecule has 0 aromatic heterocycles. The quantitative estimate of drug-likeness (QED) is 0.461. The van der Waals surface area contributed by atoms with Crippen LogP contribution in [0.2, 0.25) is 0 Å². The summed E-state index contributed by atoms with van der Waals surface area (Å²) >= 11 is 5.38. The molecule has 0 radical (unpaired) electrons. The summed E-state index contributed by atoms with van der Waals surface area (Å²) in [5, 5.41) is 8.16. The Bertz CT molecular complexity index is 1040. The minimum Gasteiger partial charge on any atom is -0.457 e. The van der Waals surface area contributed by atoms with Crippen molar-refractivity contribution in [2.45, 2.75) is 32.5 Å². The number of carbonyl (C=O) groups is 1. The van der Waals surface area contributed by atoms with Gasteiger partial charge in [0.05, 0.1) is 5.41 Å². The van der Waals surface area contributed by atoms with Crippen LogP contribution >= 0.6 is 11.6 Å². The van der Waals surface area contributed by atoms with Crippen LogP contribution in [0.1, 0.15) is 31.9 Å². The Kier molecular flexibility index (Phi) is 6.06. The van der Waals surface area contributed by atoms with Crippen LogP contribution in [0, 0.1) is 22.2 Å². The molecule has 1 saturated carbocycles. The number of esters is 1. The molecule has 1 fully saturated rings. The van der Waals surface area contributed by atoms with E-state index < -0.39 is 34.1 Å². The lowest BCUT2D eigenvalue weighted by Gasteiger charge is -2.20. The number of carbonyl (C=O) groups excluding carboxylic acids is 1. The first-order valence-corrected chi connectivity index (χ1v) is 9.75. The van der Waals surface area contributed by atoms with Crippen LogP contribution in [-0.4, -0.2) is 12.1 Å². The Morgan fingerprint density at radius 1 is 1.16 bits per heavy atom. The Morgan fingerprint density at radius 3 is 2.32 bits per heavy atom. The van der Waals surface area contributed by atoms with Gasteiger partial charge < -0.3 is 9.47 Å². The molecule has 1 aliphatic rings. The highest BCUT2D eigenvalue weighted by Gasteiger charge is 2.67.